The molecule has 2 N–H and O–H groups in total. The van der Waals surface area contributed by atoms with Crippen molar-refractivity contribution in [2.45, 2.75) is 33.3 Å². The number of hydrogen-bond donors (Lipinski definition) is 2. The van der Waals surface area contributed by atoms with Crippen molar-refractivity contribution in [2.24, 2.45) is 0 Å². The predicted molar refractivity (Wildman–Crippen MR) is 84.8 cm³/mol. The van der Waals surface area contributed by atoms with Crippen molar-refractivity contribution in [1.82, 2.24) is 4.90 Å². The lowest BCUT2D eigenvalue weighted by molar-refractivity contribution is -0.117. The normalized spacial score (nSPS) is 11.6. The van der Waals surface area contributed by atoms with Crippen molar-refractivity contribution in [3.05, 3.63) is 23.8 Å². The second kappa shape index (κ2) is 7.43. The van der Waals surface area contributed by atoms with Gasteiger partial charge in [-0.05, 0) is 45.0 Å². The van der Waals surface area contributed by atoms with Crippen molar-refractivity contribution in [2.75, 3.05) is 32.1 Å². The summed E-state index contributed by atoms with van der Waals surface area (Å²) >= 11 is 0. The van der Waals surface area contributed by atoms with E-state index >= 15 is 0 Å². The molecule has 1 aromatic carbocycles. The number of anilines is 1. The number of nitrogens with zero attached hydrogens (tertiary/aromatic N) is 1. The Morgan fingerprint density at radius 3 is 2.62 bits per heavy atom. The maximum Gasteiger partial charge on any atom is 0.238 e. The van der Waals surface area contributed by atoms with E-state index in [4.69, 9.17) is 4.74 Å². The molecule has 0 radical (unpaired) electrons. The van der Waals surface area contributed by atoms with Crippen molar-refractivity contribution in [3.8, 4) is 5.75 Å². The number of aliphatic hydroxyl groups is 1. The van der Waals surface area contributed by atoms with Gasteiger partial charge in [-0.3, -0.25) is 9.69 Å². The lowest BCUT2D eigenvalue weighted by Crippen LogP contribution is -2.42. The first-order chi connectivity index (χ1) is 9.75. The van der Waals surface area contributed by atoms with Crippen LogP contribution in [0.25, 0.3) is 0 Å². The summed E-state index contributed by atoms with van der Waals surface area (Å²) in [6.07, 6.45) is 0. The number of hydrogen-bond acceptors (Lipinski definition) is 4. The first kappa shape index (κ1) is 17.5. The van der Waals surface area contributed by atoms with Gasteiger partial charge >= 0.3 is 0 Å². The molecule has 1 rings (SSSR count). The molecule has 0 bridgehead atoms. The molecule has 0 fully saturated rings. The maximum absolute atomic E-state index is 12.2. The molecule has 0 saturated carbocycles. The van der Waals surface area contributed by atoms with Gasteiger partial charge in [0.25, 0.3) is 0 Å². The highest BCUT2D eigenvalue weighted by atomic mass is 16.5. The standard InChI is InChI=1S/C16H26N2O3/c1-6-18(11-16(3,4)20)10-15(19)17-13-9-12(2)7-8-14(13)21-5/h7-9,20H,6,10-11H2,1-5H3,(H,17,19). The van der Waals surface area contributed by atoms with Gasteiger partial charge in [-0.15, -0.1) is 0 Å². The molecule has 0 heterocycles. The third-order valence-electron chi connectivity index (χ3n) is 3.05. The van der Waals surface area contributed by atoms with Crippen LogP contribution in [0.5, 0.6) is 5.75 Å². The van der Waals surface area contributed by atoms with Gasteiger partial charge in [0, 0.05) is 6.54 Å². The number of methoxy groups -OCH3 is 1. The summed E-state index contributed by atoms with van der Waals surface area (Å²) in [5.74, 6) is 0.518. The number of nitrogens with one attached hydrogen (secondary N) is 1. The highest BCUT2D eigenvalue weighted by Gasteiger charge is 2.19. The van der Waals surface area contributed by atoms with Crippen LogP contribution in [0, 0.1) is 6.92 Å². The van der Waals surface area contributed by atoms with Gasteiger partial charge in [0.1, 0.15) is 5.75 Å². The molecule has 0 aliphatic heterocycles. The Balaban J connectivity index is 2.70. The van der Waals surface area contributed by atoms with Crippen molar-refractivity contribution in [3.63, 3.8) is 0 Å². The lowest BCUT2D eigenvalue weighted by atomic mass is 10.1. The van der Waals surface area contributed by atoms with Gasteiger partial charge in [-0.25, -0.2) is 0 Å². The van der Waals surface area contributed by atoms with Crippen LogP contribution in [0.1, 0.15) is 26.3 Å². The summed E-state index contributed by atoms with van der Waals surface area (Å²) in [6, 6.07) is 5.64. The van der Waals surface area contributed by atoms with Gasteiger partial charge in [0.2, 0.25) is 5.91 Å². The fourth-order valence-electron chi connectivity index (χ4n) is 2.14. The lowest BCUT2D eigenvalue weighted by Gasteiger charge is -2.27. The number of benzene rings is 1. The van der Waals surface area contributed by atoms with E-state index < -0.39 is 5.60 Å². The van der Waals surface area contributed by atoms with Crippen LogP contribution in [0.2, 0.25) is 0 Å². The smallest absolute Gasteiger partial charge is 0.238 e. The van der Waals surface area contributed by atoms with Crippen molar-refractivity contribution < 1.29 is 14.6 Å². The average Bonchev–Trinajstić information content (AvgIpc) is 2.36. The Kier molecular flexibility index (Phi) is 6.18. The number of carbonyl (C=O) groups excluding carboxylic acids is 1. The van der Waals surface area contributed by atoms with Crippen molar-refractivity contribution in [1.29, 1.82) is 0 Å². The molecular formula is C16H26N2O3. The molecule has 21 heavy (non-hydrogen) atoms. The molecule has 0 saturated heterocycles. The van der Waals surface area contributed by atoms with E-state index in [1.807, 2.05) is 36.9 Å². The third-order valence-corrected chi connectivity index (χ3v) is 3.05. The summed E-state index contributed by atoms with van der Waals surface area (Å²) in [4.78, 5) is 14.1. The SMILES string of the molecule is CCN(CC(=O)Nc1cc(C)ccc1OC)CC(C)(C)O. The highest BCUT2D eigenvalue weighted by molar-refractivity contribution is 5.93. The molecule has 1 aromatic rings. The second-order valence-electron chi connectivity index (χ2n) is 5.87. The molecule has 0 spiro atoms. The summed E-state index contributed by atoms with van der Waals surface area (Å²) in [5, 5.41) is 12.7. The number of amides is 1. The quantitative estimate of drug-likeness (QED) is 0.808. The van der Waals surface area contributed by atoms with Gasteiger partial charge < -0.3 is 15.2 Å². The molecule has 0 atom stereocenters. The molecule has 0 aromatic heterocycles. The molecule has 0 aliphatic rings. The van der Waals surface area contributed by atoms with E-state index in [0.717, 1.165) is 5.56 Å². The minimum absolute atomic E-state index is 0.120. The third kappa shape index (κ3) is 6.14. The molecule has 1 amide bonds. The van der Waals surface area contributed by atoms with Crippen LogP contribution in [-0.2, 0) is 4.79 Å². The fourth-order valence-corrected chi connectivity index (χ4v) is 2.14. The van der Waals surface area contributed by atoms with Crippen LogP contribution < -0.4 is 10.1 Å². The summed E-state index contributed by atoms with van der Waals surface area (Å²) in [5.41, 5.74) is 0.897. The Morgan fingerprint density at radius 1 is 1.43 bits per heavy atom. The highest BCUT2D eigenvalue weighted by Crippen LogP contribution is 2.25. The van der Waals surface area contributed by atoms with Gasteiger partial charge in [-0.2, -0.15) is 0 Å². The topological polar surface area (TPSA) is 61.8 Å². The predicted octanol–water partition coefficient (Wildman–Crippen LogP) is 2.03. The van der Waals surface area contributed by atoms with Crippen LogP contribution in [0.15, 0.2) is 18.2 Å². The zero-order valence-corrected chi connectivity index (χ0v) is 13.6. The Hall–Kier alpha value is -1.59. The largest absolute Gasteiger partial charge is 0.495 e. The minimum Gasteiger partial charge on any atom is -0.495 e. The number of aryl methyl sites for hydroxylation is 1. The molecule has 0 aliphatic carbocycles. The summed E-state index contributed by atoms with van der Waals surface area (Å²) in [6.45, 7) is 8.77. The minimum atomic E-state index is -0.822. The van der Waals surface area contributed by atoms with Crippen LogP contribution in [-0.4, -0.2) is 48.3 Å². The zero-order valence-electron chi connectivity index (χ0n) is 13.6. The molecule has 0 unspecified atom stereocenters. The zero-order chi connectivity index (χ0) is 16.0. The molecule has 118 valence electrons. The van der Waals surface area contributed by atoms with E-state index in [-0.39, 0.29) is 12.5 Å². The second-order valence-corrected chi connectivity index (χ2v) is 5.87. The molecule has 5 nitrogen and oxygen atoms in total. The van der Waals surface area contributed by atoms with Gasteiger partial charge in [-0.1, -0.05) is 13.0 Å². The first-order valence-corrected chi connectivity index (χ1v) is 7.14. The van der Waals surface area contributed by atoms with Crippen LogP contribution >= 0.6 is 0 Å². The summed E-state index contributed by atoms with van der Waals surface area (Å²) < 4.78 is 5.24. The van der Waals surface area contributed by atoms with Crippen molar-refractivity contribution >= 4 is 11.6 Å². The monoisotopic (exact) mass is 294 g/mol. The Bertz CT molecular complexity index is 481. The molecule has 5 heteroatoms. The number of carbonyl (C=O) groups is 1. The maximum atomic E-state index is 12.2. The van der Waals surface area contributed by atoms with E-state index in [1.165, 1.54) is 0 Å². The van der Waals surface area contributed by atoms with E-state index in [1.54, 1.807) is 21.0 Å². The van der Waals surface area contributed by atoms with E-state index in [9.17, 15) is 9.90 Å². The first-order valence-electron chi connectivity index (χ1n) is 7.14. The van der Waals surface area contributed by atoms with Crippen LogP contribution in [0.4, 0.5) is 5.69 Å². The number of rotatable bonds is 7. The fraction of sp³-hybridized carbons (Fsp3) is 0.562. The Labute approximate surface area is 126 Å². The van der Waals surface area contributed by atoms with Gasteiger partial charge in [0.15, 0.2) is 0 Å². The molecular weight excluding hydrogens is 268 g/mol. The van der Waals surface area contributed by atoms with E-state index in [2.05, 4.69) is 5.32 Å². The number of likely N-dealkylation sites (N-methyl/N-ethyl adjacent to an activating group) is 1. The van der Waals surface area contributed by atoms with E-state index in [0.29, 0.717) is 24.5 Å². The summed E-state index contributed by atoms with van der Waals surface area (Å²) in [7, 11) is 1.58. The van der Waals surface area contributed by atoms with Crippen LogP contribution in [0.3, 0.4) is 0 Å². The van der Waals surface area contributed by atoms with Gasteiger partial charge in [0.05, 0.1) is 24.9 Å². The Morgan fingerprint density at radius 2 is 2.10 bits per heavy atom. The number of ether oxygens (including phenoxy) is 1. The average molecular weight is 294 g/mol.